The molecule has 0 atom stereocenters. The molecule has 0 fully saturated rings. The van der Waals surface area contributed by atoms with Crippen LogP contribution in [0.3, 0.4) is 0 Å². The van der Waals surface area contributed by atoms with Gasteiger partial charge in [-0.1, -0.05) is 6.07 Å². The molecule has 0 unspecified atom stereocenters. The molecule has 4 heteroatoms. The van der Waals surface area contributed by atoms with Crippen LogP contribution < -0.4 is 0 Å². The summed E-state index contributed by atoms with van der Waals surface area (Å²) < 4.78 is 6.93. The number of ether oxygens (including phenoxy) is 1. The van der Waals surface area contributed by atoms with E-state index in [1.165, 1.54) is 0 Å². The van der Waals surface area contributed by atoms with Gasteiger partial charge in [-0.25, -0.2) is 4.79 Å². The number of halogens is 2. The summed E-state index contributed by atoms with van der Waals surface area (Å²) in [5.74, 6) is -0.284. The van der Waals surface area contributed by atoms with Gasteiger partial charge in [-0.3, -0.25) is 0 Å². The van der Waals surface area contributed by atoms with Crippen LogP contribution in [-0.4, -0.2) is 12.6 Å². The average Bonchev–Trinajstić information content (AvgIpc) is 2.30. The van der Waals surface area contributed by atoms with Crippen LogP contribution in [0.1, 0.15) is 17.3 Å². The lowest BCUT2D eigenvalue weighted by Gasteiger charge is -2.05. The fourth-order valence-electron chi connectivity index (χ4n) is 1.58. The molecule has 0 N–H and O–H groups in total. The summed E-state index contributed by atoms with van der Waals surface area (Å²) in [6, 6.07) is 9.51. The molecule has 2 rings (SSSR count). The predicted octanol–water partition coefficient (Wildman–Crippen LogP) is 4.54. The Labute approximate surface area is 116 Å². The summed E-state index contributed by atoms with van der Waals surface area (Å²) in [7, 11) is 0. The minimum Gasteiger partial charge on any atom is -0.462 e. The Morgan fingerprint density at radius 2 is 1.76 bits per heavy atom. The van der Waals surface area contributed by atoms with Gasteiger partial charge < -0.3 is 4.74 Å². The quantitative estimate of drug-likeness (QED) is 0.737. The summed E-state index contributed by atoms with van der Waals surface area (Å²) in [6.07, 6.45) is 0. The number of esters is 1. The number of benzene rings is 2. The van der Waals surface area contributed by atoms with Gasteiger partial charge in [-0.05, 0) is 73.8 Å². The maximum Gasteiger partial charge on any atom is 0.338 e. The summed E-state index contributed by atoms with van der Waals surface area (Å²) >= 11 is 6.90. The van der Waals surface area contributed by atoms with E-state index in [-0.39, 0.29) is 5.97 Å². The molecule has 0 radical (unpaired) electrons. The first-order valence-corrected chi connectivity index (χ1v) is 6.76. The Balaban J connectivity index is 2.50. The van der Waals surface area contributed by atoms with E-state index in [1.54, 1.807) is 13.0 Å². The Kier molecular flexibility index (Phi) is 3.84. The van der Waals surface area contributed by atoms with Crippen molar-refractivity contribution in [2.24, 2.45) is 0 Å². The summed E-state index contributed by atoms with van der Waals surface area (Å²) in [4.78, 5) is 11.6. The van der Waals surface area contributed by atoms with Gasteiger partial charge in [0.1, 0.15) is 0 Å². The second-order valence-corrected chi connectivity index (χ2v) is 5.26. The van der Waals surface area contributed by atoms with Crippen molar-refractivity contribution in [1.82, 2.24) is 0 Å². The summed E-state index contributed by atoms with van der Waals surface area (Å²) in [5, 5.41) is 2.08. The topological polar surface area (TPSA) is 26.3 Å². The van der Waals surface area contributed by atoms with Crippen LogP contribution in [0.5, 0.6) is 0 Å². The zero-order valence-corrected chi connectivity index (χ0v) is 12.3. The molecule has 0 bridgehead atoms. The zero-order chi connectivity index (χ0) is 12.4. The minimum absolute atomic E-state index is 0.284. The number of carbonyl (C=O) groups excluding carboxylic acids is 1. The van der Waals surface area contributed by atoms with E-state index in [1.807, 2.05) is 24.3 Å². The molecule has 0 amide bonds. The fourth-order valence-corrected chi connectivity index (χ4v) is 2.31. The summed E-state index contributed by atoms with van der Waals surface area (Å²) in [6.45, 7) is 2.19. The first-order valence-electron chi connectivity index (χ1n) is 5.17. The van der Waals surface area contributed by atoms with Gasteiger partial charge in [0.25, 0.3) is 0 Å². The van der Waals surface area contributed by atoms with Gasteiger partial charge in [-0.15, -0.1) is 0 Å². The van der Waals surface area contributed by atoms with Crippen LogP contribution in [0.15, 0.2) is 39.3 Å². The molecule has 0 aromatic heterocycles. The van der Waals surface area contributed by atoms with Crippen molar-refractivity contribution in [3.05, 3.63) is 44.8 Å². The monoisotopic (exact) mass is 356 g/mol. The van der Waals surface area contributed by atoms with Gasteiger partial charge in [0.05, 0.1) is 12.2 Å². The molecule has 0 aliphatic rings. The van der Waals surface area contributed by atoms with Gasteiger partial charge in [-0.2, -0.15) is 0 Å². The molecular weight excluding hydrogens is 348 g/mol. The summed E-state index contributed by atoms with van der Waals surface area (Å²) in [5.41, 5.74) is 0.577. The number of fused-ring (bicyclic) bond motifs is 1. The lowest BCUT2D eigenvalue weighted by molar-refractivity contribution is 0.0526. The molecule has 0 heterocycles. The molecular formula is C13H10Br2O2. The highest BCUT2D eigenvalue weighted by molar-refractivity contribution is 9.13. The Hall–Kier alpha value is -0.870. The van der Waals surface area contributed by atoms with E-state index in [4.69, 9.17) is 4.74 Å². The third kappa shape index (κ3) is 2.69. The highest BCUT2D eigenvalue weighted by Gasteiger charge is 2.08. The first kappa shape index (κ1) is 12.6. The molecule has 0 aliphatic carbocycles. The van der Waals surface area contributed by atoms with Crippen molar-refractivity contribution in [2.75, 3.05) is 6.61 Å². The van der Waals surface area contributed by atoms with E-state index in [0.717, 1.165) is 19.7 Å². The van der Waals surface area contributed by atoms with Crippen molar-refractivity contribution in [1.29, 1.82) is 0 Å². The smallest absolute Gasteiger partial charge is 0.338 e. The molecule has 0 spiro atoms. The van der Waals surface area contributed by atoms with Gasteiger partial charge in [0.2, 0.25) is 0 Å². The van der Waals surface area contributed by atoms with Crippen LogP contribution in [0.25, 0.3) is 10.8 Å². The van der Waals surface area contributed by atoms with Gasteiger partial charge >= 0.3 is 5.97 Å². The minimum atomic E-state index is -0.284. The maximum absolute atomic E-state index is 11.6. The number of rotatable bonds is 2. The van der Waals surface area contributed by atoms with E-state index < -0.39 is 0 Å². The Bertz CT molecular complexity index is 579. The maximum atomic E-state index is 11.6. The molecule has 17 heavy (non-hydrogen) atoms. The van der Waals surface area contributed by atoms with Crippen molar-refractivity contribution in [2.45, 2.75) is 6.92 Å². The molecule has 0 aliphatic heterocycles. The van der Waals surface area contributed by atoms with Crippen LogP contribution in [0.2, 0.25) is 0 Å². The second-order valence-electron chi connectivity index (χ2n) is 3.55. The predicted molar refractivity (Wildman–Crippen MR) is 75.3 cm³/mol. The molecule has 2 aromatic rings. The van der Waals surface area contributed by atoms with E-state index in [9.17, 15) is 4.79 Å². The lowest BCUT2D eigenvalue weighted by atomic mass is 10.1. The molecule has 88 valence electrons. The van der Waals surface area contributed by atoms with Crippen molar-refractivity contribution < 1.29 is 9.53 Å². The molecule has 2 aromatic carbocycles. The van der Waals surface area contributed by atoms with Crippen molar-refractivity contribution in [3.8, 4) is 0 Å². The number of hydrogen-bond acceptors (Lipinski definition) is 2. The van der Waals surface area contributed by atoms with Gasteiger partial charge in [0, 0.05) is 8.95 Å². The van der Waals surface area contributed by atoms with Crippen LogP contribution in [0, 0.1) is 0 Å². The number of hydrogen-bond donors (Lipinski definition) is 0. The third-order valence-corrected chi connectivity index (χ3v) is 4.23. The third-order valence-electron chi connectivity index (χ3n) is 2.39. The number of carbonyl (C=O) groups is 1. The highest BCUT2D eigenvalue weighted by atomic mass is 79.9. The Morgan fingerprint density at radius 1 is 1.12 bits per heavy atom. The first-order chi connectivity index (χ1) is 8.11. The van der Waals surface area contributed by atoms with Gasteiger partial charge in [0.15, 0.2) is 0 Å². The van der Waals surface area contributed by atoms with Crippen LogP contribution in [-0.2, 0) is 4.74 Å². The second kappa shape index (κ2) is 5.19. The zero-order valence-electron chi connectivity index (χ0n) is 9.17. The van der Waals surface area contributed by atoms with Crippen LogP contribution >= 0.6 is 31.9 Å². The van der Waals surface area contributed by atoms with Crippen molar-refractivity contribution >= 4 is 48.6 Å². The fraction of sp³-hybridized carbons (Fsp3) is 0.154. The normalized spacial score (nSPS) is 10.5. The van der Waals surface area contributed by atoms with Crippen LogP contribution in [0.4, 0.5) is 0 Å². The van der Waals surface area contributed by atoms with E-state index in [2.05, 4.69) is 31.9 Å². The average molecular weight is 358 g/mol. The molecule has 0 saturated heterocycles. The van der Waals surface area contributed by atoms with Crippen molar-refractivity contribution in [3.63, 3.8) is 0 Å². The standard InChI is InChI=1S/C13H10Br2O2/c1-2-17-13(16)9-4-3-8-6-11(14)12(15)7-10(8)5-9/h3-7H,2H2,1H3. The Morgan fingerprint density at radius 3 is 2.41 bits per heavy atom. The molecule has 2 nitrogen and oxygen atoms in total. The highest BCUT2D eigenvalue weighted by Crippen LogP contribution is 2.29. The van der Waals surface area contributed by atoms with E-state index >= 15 is 0 Å². The largest absolute Gasteiger partial charge is 0.462 e. The van der Waals surface area contributed by atoms with E-state index in [0.29, 0.717) is 12.2 Å². The lowest BCUT2D eigenvalue weighted by Crippen LogP contribution is -2.04. The molecule has 0 saturated carbocycles. The SMILES string of the molecule is CCOC(=O)c1ccc2cc(Br)c(Br)cc2c1.